The number of morpholine rings is 1. The molecule has 0 spiro atoms. The van der Waals surface area contributed by atoms with Gasteiger partial charge in [-0.15, -0.1) is 0 Å². The average Bonchev–Trinajstić information content (AvgIpc) is 2.62. The Morgan fingerprint density at radius 3 is 2.58 bits per heavy atom. The summed E-state index contributed by atoms with van der Waals surface area (Å²) in [5, 5.41) is 12.0. The second kappa shape index (κ2) is 7.40. The fraction of sp³-hybridized carbons (Fsp3) is 0.235. The van der Waals surface area contributed by atoms with Crippen molar-refractivity contribution in [1.82, 2.24) is 4.31 Å². The molecule has 1 aliphatic rings. The first-order chi connectivity index (χ1) is 12.4. The number of ether oxygens (including phenoxy) is 1. The van der Waals surface area contributed by atoms with Crippen LogP contribution in [0, 0.1) is 5.82 Å². The third kappa shape index (κ3) is 3.85. The Morgan fingerprint density at radius 1 is 1.15 bits per heavy atom. The van der Waals surface area contributed by atoms with E-state index in [0.717, 1.165) is 16.4 Å². The highest BCUT2D eigenvalue weighted by atomic mass is 32.2. The number of anilines is 1. The molecule has 2 aromatic carbocycles. The minimum Gasteiger partial charge on any atom is -0.508 e. The lowest BCUT2D eigenvalue weighted by Gasteiger charge is -2.26. The first-order valence-corrected chi connectivity index (χ1v) is 9.30. The fourth-order valence-electron chi connectivity index (χ4n) is 2.56. The summed E-state index contributed by atoms with van der Waals surface area (Å²) in [7, 11) is -4.07. The number of rotatable bonds is 4. The van der Waals surface area contributed by atoms with E-state index in [2.05, 4.69) is 5.32 Å². The van der Waals surface area contributed by atoms with E-state index in [1.165, 1.54) is 18.2 Å². The van der Waals surface area contributed by atoms with E-state index in [-0.39, 0.29) is 37.6 Å². The molecule has 1 heterocycles. The lowest BCUT2D eigenvalue weighted by Crippen LogP contribution is -2.41. The van der Waals surface area contributed by atoms with Gasteiger partial charge in [-0.1, -0.05) is 6.07 Å². The van der Waals surface area contributed by atoms with Crippen LogP contribution in [0.5, 0.6) is 5.75 Å². The SMILES string of the molecule is O=C(Nc1cccc(O)c1)c1ccc(F)c(S(=O)(=O)N2CCOCC2)c1. The van der Waals surface area contributed by atoms with E-state index in [1.807, 2.05) is 0 Å². The van der Waals surface area contributed by atoms with Gasteiger partial charge in [0.05, 0.1) is 13.2 Å². The van der Waals surface area contributed by atoms with Crippen LogP contribution < -0.4 is 5.32 Å². The van der Waals surface area contributed by atoms with Crippen molar-refractivity contribution in [2.24, 2.45) is 0 Å². The van der Waals surface area contributed by atoms with Crippen molar-refractivity contribution in [3.05, 3.63) is 53.8 Å². The molecular formula is C17H17FN2O5S. The van der Waals surface area contributed by atoms with E-state index in [4.69, 9.17) is 4.74 Å². The van der Waals surface area contributed by atoms with E-state index < -0.39 is 26.6 Å². The molecule has 138 valence electrons. The molecule has 0 unspecified atom stereocenters. The van der Waals surface area contributed by atoms with E-state index in [9.17, 15) is 22.7 Å². The maximum Gasteiger partial charge on any atom is 0.255 e. The number of benzene rings is 2. The molecule has 2 aromatic rings. The van der Waals surface area contributed by atoms with Gasteiger partial charge in [-0.2, -0.15) is 4.31 Å². The molecule has 1 aliphatic heterocycles. The summed E-state index contributed by atoms with van der Waals surface area (Å²) in [5.74, 6) is -1.57. The summed E-state index contributed by atoms with van der Waals surface area (Å²) in [4.78, 5) is 11.8. The van der Waals surface area contributed by atoms with Crippen LogP contribution in [0.15, 0.2) is 47.4 Å². The van der Waals surface area contributed by atoms with Gasteiger partial charge < -0.3 is 15.2 Å². The maximum atomic E-state index is 14.2. The summed E-state index contributed by atoms with van der Waals surface area (Å²) < 4.78 is 45.7. The summed E-state index contributed by atoms with van der Waals surface area (Å²) in [5.41, 5.74) is 0.318. The highest BCUT2D eigenvalue weighted by Gasteiger charge is 2.29. The molecule has 0 atom stereocenters. The van der Waals surface area contributed by atoms with Crippen LogP contribution >= 0.6 is 0 Å². The van der Waals surface area contributed by atoms with Crippen LogP contribution in [0.2, 0.25) is 0 Å². The highest BCUT2D eigenvalue weighted by molar-refractivity contribution is 7.89. The number of nitrogens with zero attached hydrogens (tertiary/aromatic N) is 1. The topological polar surface area (TPSA) is 95.9 Å². The maximum absolute atomic E-state index is 14.2. The molecular weight excluding hydrogens is 363 g/mol. The van der Waals surface area contributed by atoms with Crippen LogP contribution in [-0.4, -0.2) is 50.0 Å². The van der Waals surface area contributed by atoms with Crippen LogP contribution in [0.1, 0.15) is 10.4 Å². The molecule has 0 bridgehead atoms. The minimum atomic E-state index is -4.07. The van der Waals surface area contributed by atoms with Crippen molar-refractivity contribution in [1.29, 1.82) is 0 Å². The Balaban J connectivity index is 1.88. The zero-order valence-corrected chi connectivity index (χ0v) is 14.5. The first kappa shape index (κ1) is 18.3. The summed E-state index contributed by atoms with van der Waals surface area (Å²) >= 11 is 0. The molecule has 3 rings (SSSR count). The quantitative estimate of drug-likeness (QED) is 0.843. The Labute approximate surface area is 150 Å². The number of carbonyl (C=O) groups is 1. The fourth-order valence-corrected chi connectivity index (χ4v) is 4.05. The number of aromatic hydroxyl groups is 1. The first-order valence-electron chi connectivity index (χ1n) is 7.86. The van der Waals surface area contributed by atoms with Crippen molar-refractivity contribution < 1.29 is 27.4 Å². The van der Waals surface area contributed by atoms with Crippen LogP contribution in [-0.2, 0) is 14.8 Å². The van der Waals surface area contributed by atoms with Crippen LogP contribution in [0.25, 0.3) is 0 Å². The second-order valence-corrected chi connectivity index (χ2v) is 7.57. The van der Waals surface area contributed by atoms with Gasteiger partial charge >= 0.3 is 0 Å². The third-order valence-electron chi connectivity index (χ3n) is 3.89. The monoisotopic (exact) mass is 380 g/mol. The highest BCUT2D eigenvalue weighted by Crippen LogP contribution is 2.23. The predicted octanol–water partition coefficient (Wildman–Crippen LogP) is 1.80. The average molecular weight is 380 g/mol. The van der Waals surface area contributed by atoms with Gasteiger partial charge in [-0.05, 0) is 30.3 Å². The van der Waals surface area contributed by atoms with E-state index in [1.54, 1.807) is 12.1 Å². The van der Waals surface area contributed by atoms with Crippen molar-refractivity contribution in [3.8, 4) is 5.75 Å². The second-order valence-electron chi connectivity index (χ2n) is 5.67. The van der Waals surface area contributed by atoms with Gasteiger partial charge in [0.25, 0.3) is 5.91 Å². The van der Waals surface area contributed by atoms with Crippen LogP contribution in [0.4, 0.5) is 10.1 Å². The van der Waals surface area contributed by atoms with Gasteiger partial charge in [-0.25, -0.2) is 12.8 Å². The number of phenolic OH excluding ortho intramolecular Hbond substituents is 1. The molecule has 2 N–H and O–H groups in total. The Bertz CT molecular complexity index is 927. The van der Waals surface area contributed by atoms with Crippen molar-refractivity contribution in [2.45, 2.75) is 4.90 Å². The number of carbonyl (C=O) groups excluding carboxylic acids is 1. The van der Waals surface area contributed by atoms with Crippen molar-refractivity contribution in [3.63, 3.8) is 0 Å². The number of hydrogen-bond acceptors (Lipinski definition) is 5. The molecule has 0 saturated carbocycles. The van der Waals surface area contributed by atoms with Gasteiger partial charge in [0.2, 0.25) is 10.0 Å². The van der Waals surface area contributed by atoms with Crippen LogP contribution in [0.3, 0.4) is 0 Å². The minimum absolute atomic E-state index is 0.0124. The lowest BCUT2D eigenvalue weighted by molar-refractivity contribution is 0.0729. The third-order valence-corrected chi connectivity index (χ3v) is 5.80. The predicted molar refractivity (Wildman–Crippen MR) is 92.0 cm³/mol. The number of halogens is 1. The normalized spacial score (nSPS) is 15.6. The molecule has 0 aromatic heterocycles. The standard InChI is InChI=1S/C17H17FN2O5S/c18-15-5-4-12(17(22)19-13-2-1-3-14(21)11-13)10-16(15)26(23,24)20-6-8-25-9-7-20/h1-5,10-11,21H,6-9H2,(H,19,22). The van der Waals surface area contributed by atoms with Crippen molar-refractivity contribution in [2.75, 3.05) is 31.6 Å². The molecule has 1 fully saturated rings. The zero-order chi connectivity index (χ0) is 18.7. The van der Waals surface area contributed by atoms with Gasteiger partial charge in [0.1, 0.15) is 16.5 Å². The van der Waals surface area contributed by atoms with E-state index in [0.29, 0.717) is 5.69 Å². The Kier molecular flexibility index (Phi) is 5.21. The van der Waals surface area contributed by atoms with Gasteiger partial charge in [0, 0.05) is 30.4 Å². The van der Waals surface area contributed by atoms with Gasteiger partial charge in [0.15, 0.2) is 0 Å². The zero-order valence-electron chi connectivity index (χ0n) is 13.7. The van der Waals surface area contributed by atoms with E-state index >= 15 is 0 Å². The number of sulfonamides is 1. The largest absolute Gasteiger partial charge is 0.508 e. The van der Waals surface area contributed by atoms with Crippen molar-refractivity contribution >= 4 is 21.6 Å². The summed E-state index contributed by atoms with van der Waals surface area (Å²) in [6, 6.07) is 9.05. The number of phenols is 1. The molecule has 9 heteroatoms. The number of hydrogen-bond donors (Lipinski definition) is 2. The Hall–Kier alpha value is -2.49. The smallest absolute Gasteiger partial charge is 0.255 e. The molecule has 0 aliphatic carbocycles. The molecule has 0 radical (unpaired) electrons. The molecule has 1 saturated heterocycles. The lowest BCUT2D eigenvalue weighted by atomic mass is 10.2. The Morgan fingerprint density at radius 2 is 1.88 bits per heavy atom. The summed E-state index contributed by atoms with van der Waals surface area (Å²) in [6.07, 6.45) is 0. The number of nitrogens with one attached hydrogen (secondary N) is 1. The number of amides is 1. The molecule has 26 heavy (non-hydrogen) atoms. The molecule has 7 nitrogen and oxygen atoms in total. The van der Waals surface area contributed by atoms with Gasteiger partial charge in [-0.3, -0.25) is 4.79 Å². The summed E-state index contributed by atoms with van der Waals surface area (Å²) in [6.45, 7) is 0.722. The molecule has 1 amide bonds.